The van der Waals surface area contributed by atoms with E-state index in [0.29, 0.717) is 30.8 Å². The van der Waals surface area contributed by atoms with Crippen LogP contribution >= 0.6 is 0 Å². The van der Waals surface area contributed by atoms with Crippen LogP contribution in [0.5, 0.6) is 0 Å². The van der Waals surface area contributed by atoms with Crippen LogP contribution in [0.2, 0.25) is 0 Å². The average molecular weight is 1000 g/mol. The molecule has 0 N–H and O–H groups in total. The molecule has 6 heteroatoms. The molecule has 370 valence electrons. The first kappa shape index (κ1) is 46.3. The molecule has 4 heterocycles. The van der Waals surface area contributed by atoms with Gasteiger partial charge in [-0.3, -0.25) is 0 Å². The van der Waals surface area contributed by atoms with Crippen LogP contribution in [0.1, 0.15) is 19.4 Å². The van der Waals surface area contributed by atoms with Gasteiger partial charge < -0.3 is 23.0 Å². The van der Waals surface area contributed by atoms with Gasteiger partial charge in [-0.05, 0) is 150 Å². The molecule has 0 amide bonds. The van der Waals surface area contributed by atoms with Gasteiger partial charge in [0.2, 0.25) is 0 Å². The van der Waals surface area contributed by atoms with E-state index in [1.807, 2.05) is 50.2 Å². The van der Waals surface area contributed by atoms with Gasteiger partial charge in [0.25, 0.3) is 0 Å². The molecule has 0 aliphatic rings. The topological polar surface area (TPSA) is 48.2 Å². The molecule has 0 fully saturated rings. The summed E-state index contributed by atoms with van der Waals surface area (Å²) in [5, 5.41) is 8.12. The molecule has 0 aliphatic heterocycles. The van der Waals surface area contributed by atoms with Crippen LogP contribution in [0.3, 0.4) is 0 Å². The molecule has 0 atom stereocenters. The minimum atomic E-state index is -0.378. The lowest BCUT2D eigenvalue weighted by molar-refractivity contribution is 0.563. The van der Waals surface area contributed by atoms with E-state index in [-0.39, 0.29) is 5.63 Å². The quantitative estimate of drug-likeness (QED) is 0.101. The predicted octanol–water partition coefficient (Wildman–Crippen LogP) is 17.0. The van der Waals surface area contributed by atoms with Crippen LogP contribution < -0.4 is 10.5 Å². The summed E-state index contributed by atoms with van der Waals surface area (Å²) in [7, 11) is 0. The Morgan fingerprint density at radius 1 is 0.410 bits per heavy atom. The monoisotopic (exact) mass is 1000 g/mol. The second-order valence-corrected chi connectivity index (χ2v) is 20.0. The molecule has 0 bridgehead atoms. The van der Waals surface area contributed by atoms with Crippen molar-refractivity contribution in [3.8, 4) is 68.4 Å². The van der Waals surface area contributed by atoms with Crippen molar-refractivity contribution in [2.75, 3.05) is 18.0 Å². The minimum absolute atomic E-state index is 0.378. The Balaban J connectivity index is 0.868. The van der Waals surface area contributed by atoms with Crippen molar-refractivity contribution in [2.24, 2.45) is 0 Å². The molecule has 14 rings (SSSR count). The van der Waals surface area contributed by atoms with Crippen LogP contribution in [0.25, 0.3) is 121 Å². The van der Waals surface area contributed by atoms with Gasteiger partial charge in [-0.15, -0.1) is 11.8 Å². The van der Waals surface area contributed by atoms with E-state index < -0.39 is 0 Å². The van der Waals surface area contributed by atoms with Crippen LogP contribution in [0, 0.1) is 23.7 Å². The Morgan fingerprint density at radius 2 is 0.846 bits per heavy atom. The molecule has 0 spiro atoms. The lowest BCUT2D eigenvalue weighted by atomic mass is 9.98. The Bertz CT molecular complexity index is 4640. The average Bonchev–Trinajstić information content (AvgIpc) is 4.32. The number of benzene rings is 10. The number of aromatic nitrogens is 3. The third-order valence-corrected chi connectivity index (χ3v) is 15.5. The molecule has 0 unspecified atom stereocenters. The lowest BCUT2D eigenvalue weighted by Crippen LogP contribution is -2.23. The molecule has 0 aliphatic carbocycles. The highest BCUT2D eigenvalue weighted by molar-refractivity contribution is 6.14. The van der Waals surface area contributed by atoms with Crippen LogP contribution in [-0.2, 0) is 6.54 Å². The van der Waals surface area contributed by atoms with E-state index in [2.05, 4.69) is 236 Å². The van der Waals surface area contributed by atoms with E-state index >= 15 is 0 Å². The number of hydrogen-bond acceptors (Lipinski definition) is 3. The Kier molecular flexibility index (Phi) is 11.4. The highest BCUT2D eigenvalue weighted by Gasteiger charge is 2.19. The van der Waals surface area contributed by atoms with Crippen molar-refractivity contribution in [3.05, 3.63) is 247 Å². The SMILES string of the molecule is CC#CCN(CC#CC)c1ccc2cc(-c3ccc(Cn4c5ccc(-c6ccc7c(c6)c6ccccc6n7-c6ccccc6)cc5c5cc(-c6ccc7c(c6)c6ccccc6n7-c6ccccc6)ccc54)cc3)c(=O)oc2c1. The van der Waals surface area contributed by atoms with Crippen molar-refractivity contribution in [1.82, 2.24) is 13.7 Å². The number of hydrogen-bond donors (Lipinski definition) is 0. The molecule has 10 aromatic carbocycles. The Hall–Kier alpha value is -10.3. The van der Waals surface area contributed by atoms with Crippen molar-refractivity contribution < 1.29 is 4.42 Å². The molecule has 78 heavy (non-hydrogen) atoms. The fourth-order valence-corrected chi connectivity index (χ4v) is 11.7. The second kappa shape index (κ2) is 19.1. The first-order valence-corrected chi connectivity index (χ1v) is 26.4. The summed E-state index contributed by atoms with van der Waals surface area (Å²) in [4.78, 5) is 15.8. The van der Waals surface area contributed by atoms with Gasteiger partial charge in [-0.1, -0.05) is 133 Å². The normalized spacial score (nSPS) is 11.5. The highest BCUT2D eigenvalue weighted by atomic mass is 16.4. The summed E-state index contributed by atoms with van der Waals surface area (Å²) < 4.78 is 13.2. The van der Waals surface area contributed by atoms with Crippen LogP contribution in [0.4, 0.5) is 5.69 Å². The van der Waals surface area contributed by atoms with Gasteiger partial charge in [0.15, 0.2) is 0 Å². The summed E-state index contributed by atoms with van der Waals surface area (Å²) in [5.41, 5.74) is 17.5. The van der Waals surface area contributed by atoms with Crippen molar-refractivity contribution in [2.45, 2.75) is 20.4 Å². The largest absolute Gasteiger partial charge is 0.422 e. The zero-order valence-electron chi connectivity index (χ0n) is 43.2. The second-order valence-electron chi connectivity index (χ2n) is 20.0. The van der Waals surface area contributed by atoms with Gasteiger partial charge in [0.1, 0.15) is 5.58 Å². The number of nitrogens with zero attached hydrogens (tertiary/aromatic N) is 4. The molecular formula is C72H50N4O2. The summed E-state index contributed by atoms with van der Waals surface area (Å²) in [6.45, 7) is 5.35. The summed E-state index contributed by atoms with van der Waals surface area (Å²) in [5.74, 6) is 12.2. The fraction of sp³-hybridized carbons (Fsp3) is 0.0694. The molecule has 6 nitrogen and oxygen atoms in total. The summed E-state index contributed by atoms with van der Waals surface area (Å²) >= 11 is 0. The number of fused-ring (bicyclic) bond motifs is 10. The molecule has 0 radical (unpaired) electrons. The molecule has 0 saturated heterocycles. The molecule has 4 aromatic heterocycles. The Morgan fingerprint density at radius 3 is 1.35 bits per heavy atom. The highest BCUT2D eigenvalue weighted by Crippen LogP contribution is 2.41. The van der Waals surface area contributed by atoms with E-state index in [1.165, 1.54) is 54.4 Å². The van der Waals surface area contributed by atoms with Gasteiger partial charge in [0, 0.05) is 78.4 Å². The van der Waals surface area contributed by atoms with E-state index in [0.717, 1.165) is 66.9 Å². The van der Waals surface area contributed by atoms with E-state index in [1.54, 1.807) is 0 Å². The molecule has 14 aromatic rings. The zero-order chi connectivity index (χ0) is 52.3. The minimum Gasteiger partial charge on any atom is -0.422 e. The van der Waals surface area contributed by atoms with E-state index in [4.69, 9.17) is 4.42 Å². The van der Waals surface area contributed by atoms with Crippen molar-refractivity contribution >= 4 is 82.1 Å². The Labute approximate surface area is 451 Å². The summed E-state index contributed by atoms with van der Waals surface area (Å²) in [6, 6.07) is 82.6. The lowest BCUT2D eigenvalue weighted by Gasteiger charge is -2.20. The fourth-order valence-electron chi connectivity index (χ4n) is 11.7. The standard InChI is InChI=1S/C72H50N4O2/c1-3-5-39-73(40-6-4-2)57-34-29-54-45-60(72(77)78-71(54)46-57)49-27-25-48(26-28-49)47-74-65-35-30-50(52-32-37-69-61(41-52)58-21-13-15-23-67(58)75(69)55-17-9-7-10-18-55)43-63(65)64-44-51(31-36-66(64)74)53-33-38-70-62(42-53)59-22-14-16-24-68(59)76(70)56-19-11-8-12-20-56/h7-38,41-46H,39-40,47H2,1-2H3. The van der Waals surface area contributed by atoms with Gasteiger partial charge in [-0.25, -0.2) is 4.79 Å². The smallest absolute Gasteiger partial charge is 0.344 e. The van der Waals surface area contributed by atoms with Gasteiger partial charge >= 0.3 is 5.63 Å². The maximum Gasteiger partial charge on any atom is 0.344 e. The first-order chi connectivity index (χ1) is 38.5. The van der Waals surface area contributed by atoms with E-state index in [9.17, 15) is 4.79 Å². The zero-order valence-corrected chi connectivity index (χ0v) is 43.2. The number of para-hydroxylation sites is 4. The molecule has 0 saturated carbocycles. The third-order valence-electron chi connectivity index (χ3n) is 15.5. The van der Waals surface area contributed by atoms with Crippen LogP contribution in [-0.4, -0.2) is 26.8 Å². The predicted molar refractivity (Wildman–Crippen MR) is 325 cm³/mol. The number of rotatable bonds is 10. The van der Waals surface area contributed by atoms with Crippen molar-refractivity contribution in [3.63, 3.8) is 0 Å². The maximum absolute atomic E-state index is 13.7. The van der Waals surface area contributed by atoms with Gasteiger partial charge in [0.05, 0.1) is 40.7 Å². The third kappa shape index (κ3) is 7.90. The number of anilines is 1. The maximum atomic E-state index is 13.7. The summed E-state index contributed by atoms with van der Waals surface area (Å²) in [6.07, 6.45) is 0. The van der Waals surface area contributed by atoms with Crippen molar-refractivity contribution in [1.29, 1.82) is 0 Å². The molecular weight excluding hydrogens is 953 g/mol. The van der Waals surface area contributed by atoms with Gasteiger partial charge in [-0.2, -0.15) is 0 Å². The first-order valence-electron chi connectivity index (χ1n) is 26.4. The van der Waals surface area contributed by atoms with Crippen LogP contribution in [0.15, 0.2) is 240 Å².